The summed E-state index contributed by atoms with van der Waals surface area (Å²) in [5.74, 6) is -0.770. The fourth-order valence-corrected chi connectivity index (χ4v) is 3.02. The Bertz CT molecular complexity index is 571. The van der Waals surface area contributed by atoms with Gasteiger partial charge in [-0.05, 0) is 30.4 Å². The summed E-state index contributed by atoms with van der Waals surface area (Å²) in [6, 6.07) is 8.11. The number of benzene rings is 1. The van der Waals surface area contributed by atoms with Crippen LogP contribution in [0.1, 0.15) is 0 Å². The highest BCUT2D eigenvalue weighted by Gasteiger charge is 2.30. The predicted octanol–water partition coefficient (Wildman–Crippen LogP) is 3.31. The highest BCUT2D eigenvalue weighted by Crippen LogP contribution is 2.42. The van der Waals surface area contributed by atoms with Crippen molar-refractivity contribution in [2.24, 2.45) is 4.99 Å². The maximum absolute atomic E-state index is 5.41. The lowest BCUT2D eigenvalue weighted by atomic mass is 10.1. The minimum Gasteiger partial charge on any atom is -0.346 e. The second-order valence-corrected chi connectivity index (χ2v) is 5.12. The molecular formula is C14H13NO2S. The molecule has 1 aromatic rings. The summed E-state index contributed by atoms with van der Waals surface area (Å²) in [5.41, 5.74) is 1.98. The normalized spacial score (nSPS) is 19.7. The van der Waals surface area contributed by atoms with Crippen LogP contribution in [-0.2, 0) is 9.47 Å². The summed E-state index contributed by atoms with van der Waals surface area (Å²) >= 11 is 1.69. The first-order valence-corrected chi connectivity index (χ1v) is 6.46. The van der Waals surface area contributed by atoms with Crippen molar-refractivity contribution >= 4 is 23.2 Å². The largest absolute Gasteiger partial charge is 0.346 e. The molecule has 1 aromatic carbocycles. The molecule has 1 aliphatic heterocycles. The summed E-state index contributed by atoms with van der Waals surface area (Å²) in [7, 11) is 3.27. The molecule has 0 aromatic heterocycles. The van der Waals surface area contributed by atoms with Gasteiger partial charge in [-0.15, -0.1) is 0 Å². The van der Waals surface area contributed by atoms with Crippen molar-refractivity contribution in [2.75, 3.05) is 14.2 Å². The molecule has 18 heavy (non-hydrogen) atoms. The van der Waals surface area contributed by atoms with Gasteiger partial charge >= 0.3 is 0 Å². The molecule has 0 spiro atoms. The van der Waals surface area contributed by atoms with Gasteiger partial charge in [0.1, 0.15) is 0 Å². The van der Waals surface area contributed by atoms with E-state index in [1.807, 2.05) is 36.4 Å². The molecule has 3 nitrogen and oxygen atoms in total. The molecule has 0 amide bonds. The molecule has 1 heterocycles. The third kappa shape index (κ3) is 1.82. The van der Waals surface area contributed by atoms with E-state index in [1.54, 1.807) is 26.0 Å². The smallest absolute Gasteiger partial charge is 0.209 e. The van der Waals surface area contributed by atoms with E-state index in [0.29, 0.717) is 0 Å². The van der Waals surface area contributed by atoms with Crippen molar-refractivity contribution in [1.29, 1.82) is 0 Å². The molecule has 4 heteroatoms. The minimum atomic E-state index is -0.770. The summed E-state index contributed by atoms with van der Waals surface area (Å²) in [5, 5.41) is 0. The maximum Gasteiger partial charge on any atom is 0.209 e. The summed E-state index contributed by atoms with van der Waals surface area (Å²) in [6.45, 7) is 0. The van der Waals surface area contributed by atoms with Gasteiger partial charge in [0.05, 0.1) is 11.4 Å². The van der Waals surface area contributed by atoms with E-state index in [1.165, 1.54) is 0 Å². The van der Waals surface area contributed by atoms with Gasteiger partial charge in [0.15, 0.2) is 0 Å². The Morgan fingerprint density at radius 1 is 1.17 bits per heavy atom. The third-order valence-electron chi connectivity index (χ3n) is 3.02. The number of rotatable bonds is 2. The monoisotopic (exact) mass is 259 g/mol. The van der Waals surface area contributed by atoms with Crippen LogP contribution in [0.3, 0.4) is 0 Å². The van der Waals surface area contributed by atoms with E-state index in [9.17, 15) is 0 Å². The lowest BCUT2D eigenvalue weighted by Gasteiger charge is -2.29. The second-order valence-electron chi connectivity index (χ2n) is 4.04. The summed E-state index contributed by atoms with van der Waals surface area (Å²) in [4.78, 5) is 6.86. The number of hydrogen-bond donors (Lipinski definition) is 0. The Morgan fingerprint density at radius 2 is 1.94 bits per heavy atom. The van der Waals surface area contributed by atoms with Crippen LogP contribution in [0.25, 0.3) is 0 Å². The molecule has 0 fully saturated rings. The van der Waals surface area contributed by atoms with E-state index < -0.39 is 5.79 Å². The van der Waals surface area contributed by atoms with Crippen LogP contribution in [0, 0.1) is 0 Å². The number of fused-ring (bicyclic) bond motifs is 2. The molecule has 0 radical (unpaired) electrons. The van der Waals surface area contributed by atoms with Gasteiger partial charge in [0, 0.05) is 24.0 Å². The van der Waals surface area contributed by atoms with Gasteiger partial charge in [-0.2, -0.15) is 0 Å². The van der Waals surface area contributed by atoms with Crippen LogP contribution in [0.2, 0.25) is 0 Å². The van der Waals surface area contributed by atoms with Crippen LogP contribution in [0.5, 0.6) is 0 Å². The van der Waals surface area contributed by atoms with Crippen LogP contribution >= 0.6 is 11.8 Å². The molecule has 0 saturated carbocycles. The molecular weight excluding hydrogens is 246 g/mol. The number of methoxy groups -OCH3 is 2. The number of ether oxygens (including phenoxy) is 2. The van der Waals surface area contributed by atoms with E-state index in [2.05, 4.69) is 11.1 Å². The Balaban J connectivity index is 2.06. The average Bonchev–Trinajstić information content (AvgIpc) is 2.44. The van der Waals surface area contributed by atoms with Gasteiger partial charge in [-0.3, -0.25) is 0 Å². The van der Waals surface area contributed by atoms with E-state index in [-0.39, 0.29) is 0 Å². The van der Waals surface area contributed by atoms with E-state index >= 15 is 0 Å². The van der Waals surface area contributed by atoms with Crippen LogP contribution in [0.15, 0.2) is 57.3 Å². The Morgan fingerprint density at radius 3 is 2.72 bits per heavy atom. The molecule has 0 atom stereocenters. The first-order valence-electron chi connectivity index (χ1n) is 5.65. The third-order valence-corrected chi connectivity index (χ3v) is 4.13. The van der Waals surface area contributed by atoms with Crippen LogP contribution in [-0.4, -0.2) is 25.7 Å². The highest BCUT2D eigenvalue weighted by molar-refractivity contribution is 8.04. The summed E-state index contributed by atoms with van der Waals surface area (Å²) < 4.78 is 10.8. The average molecular weight is 259 g/mol. The van der Waals surface area contributed by atoms with Crippen molar-refractivity contribution in [3.63, 3.8) is 0 Å². The topological polar surface area (TPSA) is 30.8 Å². The predicted molar refractivity (Wildman–Crippen MR) is 73.4 cm³/mol. The van der Waals surface area contributed by atoms with Gasteiger partial charge in [0.25, 0.3) is 0 Å². The number of nitrogens with zero attached hydrogens (tertiary/aromatic N) is 1. The zero-order valence-electron chi connectivity index (χ0n) is 10.2. The Labute approximate surface area is 110 Å². The quantitative estimate of drug-likeness (QED) is 0.763. The van der Waals surface area contributed by atoms with Gasteiger partial charge in [-0.25, -0.2) is 4.99 Å². The number of aliphatic imine (C=N–C) groups is 1. The van der Waals surface area contributed by atoms with Crippen molar-refractivity contribution in [3.8, 4) is 0 Å². The number of thioether (sulfide) groups is 1. The minimum absolute atomic E-state index is 0.770. The summed E-state index contributed by atoms with van der Waals surface area (Å²) in [6.07, 6.45) is 5.79. The van der Waals surface area contributed by atoms with E-state index in [0.717, 1.165) is 21.2 Å². The molecule has 0 N–H and O–H groups in total. The van der Waals surface area contributed by atoms with Gasteiger partial charge in [-0.1, -0.05) is 23.9 Å². The fraction of sp³-hybridized carbons (Fsp3) is 0.214. The first kappa shape index (κ1) is 11.7. The van der Waals surface area contributed by atoms with Gasteiger partial charge in [0.2, 0.25) is 5.79 Å². The molecule has 0 saturated heterocycles. The molecule has 92 valence electrons. The van der Waals surface area contributed by atoms with Crippen molar-refractivity contribution < 1.29 is 9.47 Å². The maximum atomic E-state index is 5.41. The molecule has 2 aliphatic rings. The van der Waals surface area contributed by atoms with Crippen LogP contribution < -0.4 is 0 Å². The Hall–Kier alpha value is -1.36. The highest BCUT2D eigenvalue weighted by atomic mass is 32.2. The zero-order valence-corrected chi connectivity index (χ0v) is 11.0. The second kappa shape index (κ2) is 4.39. The van der Waals surface area contributed by atoms with E-state index in [4.69, 9.17) is 9.47 Å². The van der Waals surface area contributed by atoms with Crippen molar-refractivity contribution in [3.05, 3.63) is 47.4 Å². The number of hydrogen-bond acceptors (Lipinski definition) is 4. The standard InChI is InChI=1S/C14H13NO2S/c1-16-14(17-2)8-7-11-13(9-14)18-12-6-4-3-5-10(12)15-11/h3-9H,1-2H3. The van der Waals surface area contributed by atoms with Crippen molar-refractivity contribution in [1.82, 2.24) is 0 Å². The van der Waals surface area contributed by atoms with Crippen molar-refractivity contribution in [2.45, 2.75) is 10.7 Å². The first-order chi connectivity index (χ1) is 8.76. The molecule has 1 aliphatic carbocycles. The zero-order chi connectivity index (χ0) is 12.6. The van der Waals surface area contributed by atoms with Crippen LogP contribution in [0.4, 0.5) is 5.69 Å². The lowest BCUT2D eigenvalue weighted by Crippen LogP contribution is -2.32. The number of allylic oxidation sites excluding steroid dienone is 2. The fourth-order valence-electron chi connectivity index (χ4n) is 1.98. The van der Waals surface area contributed by atoms with Gasteiger partial charge < -0.3 is 9.47 Å². The Kier molecular flexibility index (Phi) is 2.86. The lowest BCUT2D eigenvalue weighted by molar-refractivity contribution is -0.133. The molecule has 0 unspecified atom stereocenters. The molecule has 0 bridgehead atoms. The SMILES string of the molecule is COC1(OC)C=CC2=Nc3ccccc3SC2=C1. The molecule has 3 rings (SSSR count). The number of para-hydroxylation sites is 1.